The van der Waals surface area contributed by atoms with Crippen molar-refractivity contribution < 1.29 is 22.0 Å². The molecule has 1 aliphatic heterocycles. The number of rotatable bonds is 4. The van der Waals surface area contributed by atoms with Crippen molar-refractivity contribution in [1.29, 1.82) is 0 Å². The molecule has 1 amide bonds. The van der Waals surface area contributed by atoms with Gasteiger partial charge in [0.25, 0.3) is 0 Å². The summed E-state index contributed by atoms with van der Waals surface area (Å²) in [6.07, 6.45) is 0.519. The van der Waals surface area contributed by atoms with Crippen LogP contribution in [0.1, 0.15) is 27.2 Å². The van der Waals surface area contributed by atoms with Crippen LogP contribution in [0.15, 0.2) is 23.1 Å². The van der Waals surface area contributed by atoms with Crippen LogP contribution in [-0.2, 0) is 14.8 Å². The fourth-order valence-electron chi connectivity index (χ4n) is 2.83. The molecule has 0 aromatic heterocycles. The van der Waals surface area contributed by atoms with Gasteiger partial charge in [-0.05, 0) is 45.9 Å². The topological polar surface area (TPSA) is 69.7 Å². The van der Waals surface area contributed by atoms with Gasteiger partial charge in [-0.15, -0.1) is 0 Å². The van der Waals surface area contributed by atoms with Gasteiger partial charge in [0.2, 0.25) is 15.9 Å². The summed E-state index contributed by atoms with van der Waals surface area (Å²) in [7, 11) is -4.05. The third-order valence-electron chi connectivity index (χ3n) is 3.94. The molecule has 6 nitrogen and oxygen atoms in total. The Balaban J connectivity index is 2.04. The van der Waals surface area contributed by atoms with Gasteiger partial charge in [0, 0.05) is 31.2 Å². The Morgan fingerprint density at radius 1 is 1.15 bits per heavy atom. The molecule has 2 rings (SSSR count). The number of carbonyl (C=O) groups excluding carboxylic acids is 1. The van der Waals surface area contributed by atoms with E-state index < -0.39 is 26.6 Å². The zero-order valence-corrected chi connectivity index (χ0v) is 16.1. The number of benzene rings is 1. The number of nitrogens with zero attached hydrogens (tertiary/aromatic N) is 2. The summed E-state index contributed by atoms with van der Waals surface area (Å²) in [6.45, 7) is 7.13. The van der Waals surface area contributed by atoms with E-state index in [0.717, 1.165) is 12.1 Å². The average molecular weight is 389 g/mol. The molecule has 1 fully saturated rings. The van der Waals surface area contributed by atoms with Gasteiger partial charge in [-0.1, -0.05) is 0 Å². The predicted molar refractivity (Wildman–Crippen MR) is 94.1 cm³/mol. The van der Waals surface area contributed by atoms with E-state index in [0.29, 0.717) is 25.6 Å². The molecule has 0 unspecified atom stereocenters. The fraction of sp³-hybridized carbons (Fsp3) is 0.588. The Morgan fingerprint density at radius 2 is 1.85 bits per heavy atom. The molecule has 146 valence electrons. The summed E-state index contributed by atoms with van der Waals surface area (Å²) in [5.41, 5.74) is -0.335. The summed E-state index contributed by atoms with van der Waals surface area (Å²) in [4.78, 5) is 13.4. The van der Waals surface area contributed by atoms with Crippen LogP contribution in [0.4, 0.5) is 8.78 Å². The molecule has 1 aromatic carbocycles. The summed E-state index contributed by atoms with van der Waals surface area (Å²) < 4.78 is 53.4. The van der Waals surface area contributed by atoms with Crippen molar-refractivity contribution in [3.8, 4) is 0 Å². The molecule has 1 N–H and O–H groups in total. The molecule has 1 aliphatic rings. The number of carbonyl (C=O) groups is 1. The highest BCUT2D eigenvalue weighted by molar-refractivity contribution is 7.89. The largest absolute Gasteiger partial charge is 0.350 e. The van der Waals surface area contributed by atoms with E-state index in [1.807, 2.05) is 25.7 Å². The molecule has 0 aliphatic carbocycles. The fourth-order valence-corrected chi connectivity index (χ4v) is 4.35. The third kappa shape index (κ3) is 5.46. The second-order valence-corrected chi connectivity index (χ2v) is 9.31. The lowest BCUT2D eigenvalue weighted by Crippen LogP contribution is -2.46. The zero-order chi connectivity index (χ0) is 19.5. The van der Waals surface area contributed by atoms with E-state index in [2.05, 4.69) is 5.32 Å². The van der Waals surface area contributed by atoms with Crippen molar-refractivity contribution in [3.63, 3.8) is 0 Å². The number of hydrogen-bond donors (Lipinski definition) is 1. The Labute approximate surface area is 153 Å². The molecule has 0 bridgehead atoms. The van der Waals surface area contributed by atoms with Crippen LogP contribution in [0.5, 0.6) is 0 Å². The standard InChI is InChI=1S/C17H25F2N3O3S/c1-17(2,3)20-16(23)12-21-7-4-8-22(10-9-21)26(24,25)15-6-5-13(18)11-14(15)19/h5-6,11H,4,7-10,12H2,1-3H3,(H,20,23). The molecule has 1 aromatic rings. The summed E-state index contributed by atoms with van der Waals surface area (Å²) in [5, 5.41) is 2.87. The number of amides is 1. The second kappa shape index (κ2) is 7.98. The van der Waals surface area contributed by atoms with Crippen molar-refractivity contribution in [2.45, 2.75) is 37.6 Å². The van der Waals surface area contributed by atoms with Gasteiger partial charge in [-0.3, -0.25) is 9.69 Å². The summed E-state index contributed by atoms with van der Waals surface area (Å²) >= 11 is 0. The maximum absolute atomic E-state index is 13.9. The van der Waals surface area contributed by atoms with Gasteiger partial charge in [0.1, 0.15) is 16.5 Å². The maximum Gasteiger partial charge on any atom is 0.246 e. The minimum Gasteiger partial charge on any atom is -0.350 e. The summed E-state index contributed by atoms with van der Waals surface area (Å²) in [6, 6.07) is 2.43. The van der Waals surface area contributed by atoms with Crippen molar-refractivity contribution in [2.24, 2.45) is 0 Å². The van der Waals surface area contributed by atoms with Gasteiger partial charge in [-0.2, -0.15) is 4.31 Å². The number of halogens is 2. The molecule has 1 saturated heterocycles. The average Bonchev–Trinajstić information content (AvgIpc) is 2.70. The lowest BCUT2D eigenvalue weighted by atomic mass is 10.1. The molecule has 0 radical (unpaired) electrons. The Kier molecular flexibility index (Phi) is 6.36. The number of hydrogen-bond acceptors (Lipinski definition) is 4. The molecule has 1 heterocycles. The minimum absolute atomic E-state index is 0.126. The van der Waals surface area contributed by atoms with Gasteiger partial charge in [-0.25, -0.2) is 17.2 Å². The molecule has 0 atom stereocenters. The molecular formula is C17H25F2N3O3S. The van der Waals surface area contributed by atoms with Crippen LogP contribution < -0.4 is 5.32 Å². The van der Waals surface area contributed by atoms with E-state index in [1.54, 1.807) is 0 Å². The molecule has 0 saturated carbocycles. The lowest BCUT2D eigenvalue weighted by Gasteiger charge is -2.25. The first-order valence-corrected chi connectivity index (χ1v) is 9.91. The van der Waals surface area contributed by atoms with Crippen LogP contribution in [0.25, 0.3) is 0 Å². The van der Waals surface area contributed by atoms with Crippen molar-refractivity contribution in [3.05, 3.63) is 29.8 Å². The van der Waals surface area contributed by atoms with Crippen LogP contribution in [0.2, 0.25) is 0 Å². The highest BCUT2D eigenvalue weighted by atomic mass is 32.2. The Hall–Kier alpha value is -1.58. The summed E-state index contributed by atoms with van der Waals surface area (Å²) in [5.74, 6) is -2.05. The van der Waals surface area contributed by atoms with Crippen LogP contribution in [-0.4, -0.2) is 61.8 Å². The Bertz CT molecular complexity index is 763. The van der Waals surface area contributed by atoms with Crippen molar-refractivity contribution in [1.82, 2.24) is 14.5 Å². The van der Waals surface area contributed by atoms with Crippen molar-refractivity contribution >= 4 is 15.9 Å². The third-order valence-corrected chi connectivity index (χ3v) is 5.87. The van der Waals surface area contributed by atoms with Gasteiger partial charge in [0.05, 0.1) is 6.54 Å². The monoisotopic (exact) mass is 389 g/mol. The van der Waals surface area contributed by atoms with E-state index in [1.165, 1.54) is 4.31 Å². The normalized spacial score (nSPS) is 17.7. The smallest absolute Gasteiger partial charge is 0.246 e. The second-order valence-electron chi connectivity index (χ2n) is 7.41. The van der Waals surface area contributed by atoms with Crippen LogP contribution in [0.3, 0.4) is 0 Å². The van der Waals surface area contributed by atoms with E-state index in [-0.39, 0.29) is 31.1 Å². The number of nitrogens with one attached hydrogen (secondary N) is 1. The first kappa shape index (κ1) is 20.7. The quantitative estimate of drug-likeness (QED) is 0.849. The molecule has 9 heteroatoms. The van der Waals surface area contributed by atoms with Gasteiger partial charge >= 0.3 is 0 Å². The first-order valence-electron chi connectivity index (χ1n) is 8.47. The van der Waals surface area contributed by atoms with Crippen LogP contribution >= 0.6 is 0 Å². The van der Waals surface area contributed by atoms with E-state index >= 15 is 0 Å². The van der Waals surface area contributed by atoms with Crippen molar-refractivity contribution in [2.75, 3.05) is 32.7 Å². The van der Waals surface area contributed by atoms with E-state index in [4.69, 9.17) is 0 Å². The highest BCUT2D eigenvalue weighted by Gasteiger charge is 2.30. The predicted octanol–water partition coefficient (Wildman–Crippen LogP) is 1.58. The molecule has 26 heavy (non-hydrogen) atoms. The Morgan fingerprint density at radius 3 is 2.46 bits per heavy atom. The zero-order valence-electron chi connectivity index (χ0n) is 15.3. The highest BCUT2D eigenvalue weighted by Crippen LogP contribution is 2.21. The SMILES string of the molecule is CC(C)(C)NC(=O)CN1CCCN(S(=O)(=O)c2ccc(F)cc2F)CC1. The molecule has 0 spiro atoms. The van der Waals surface area contributed by atoms with Gasteiger partial charge < -0.3 is 5.32 Å². The van der Waals surface area contributed by atoms with Crippen LogP contribution in [0, 0.1) is 11.6 Å². The van der Waals surface area contributed by atoms with E-state index in [9.17, 15) is 22.0 Å². The lowest BCUT2D eigenvalue weighted by molar-refractivity contribution is -0.123. The minimum atomic E-state index is -4.05. The van der Waals surface area contributed by atoms with Gasteiger partial charge in [0.15, 0.2) is 0 Å². The number of sulfonamides is 1. The maximum atomic E-state index is 13.9. The first-order chi connectivity index (χ1) is 12.0. The molecular weight excluding hydrogens is 364 g/mol.